The predicted octanol–water partition coefficient (Wildman–Crippen LogP) is -0.214. The number of amides is 1. The van der Waals surface area contributed by atoms with Crippen LogP contribution in [-0.2, 0) is 16.0 Å². The Bertz CT molecular complexity index is 443. The maximum atomic E-state index is 10.8. The minimum atomic E-state index is -0.534. The number of hydrogen-bond donors (Lipinski definition) is 2. The van der Waals surface area contributed by atoms with Crippen LogP contribution in [0, 0.1) is 0 Å². The van der Waals surface area contributed by atoms with Gasteiger partial charge in [-0.05, 0) is 17.7 Å². The molecule has 1 aliphatic rings. The smallest absolute Gasteiger partial charge is 0.221 e. The van der Waals surface area contributed by atoms with Gasteiger partial charge in [-0.2, -0.15) is 0 Å². The number of carbonyl (C=O) groups is 1. The number of hydrogen-bond acceptors (Lipinski definition) is 5. The summed E-state index contributed by atoms with van der Waals surface area (Å²) in [6.07, 6.45) is -0.312. The van der Waals surface area contributed by atoms with Crippen molar-refractivity contribution in [3.8, 4) is 5.75 Å². The molecule has 1 saturated heterocycles. The lowest BCUT2D eigenvalue weighted by atomic mass is 10.1. The molecule has 0 bridgehead atoms. The van der Waals surface area contributed by atoms with Crippen molar-refractivity contribution in [3.05, 3.63) is 29.8 Å². The summed E-state index contributed by atoms with van der Waals surface area (Å²) in [6.45, 7) is 3.96. The van der Waals surface area contributed by atoms with Crippen LogP contribution in [0.25, 0.3) is 0 Å². The highest BCUT2D eigenvalue weighted by molar-refractivity contribution is 5.76. The number of aliphatic hydroxyl groups is 1. The van der Waals surface area contributed by atoms with Crippen molar-refractivity contribution in [1.82, 2.24) is 4.90 Å². The molecule has 0 radical (unpaired) electrons. The van der Waals surface area contributed by atoms with Crippen molar-refractivity contribution in [3.63, 3.8) is 0 Å². The summed E-state index contributed by atoms with van der Waals surface area (Å²) >= 11 is 0. The first-order valence-corrected chi connectivity index (χ1v) is 7.11. The average Bonchev–Trinajstić information content (AvgIpc) is 2.47. The zero-order chi connectivity index (χ0) is 15.1. The van der Waals surface area contributed by atoms with Gasteiger partial charge in [0.2, 0.25) is 5.91 Å². The van der Waals surface area contributed by atoms with E-state index in [1.54, 1.807) is 24.3 Å². The van der Waals surface area contributed by atoms with Crippen molar-refractivity contribution in [2.75, 3.05) is 39.5 Å². The number of rotatable bonds is 7. The van der Waals surface area contributed by atoms with E-state index in [0.29, 0.717) is 12.3 Å². The van der Waals surface area contributed by atoms with Crippen molar-refractivity contribution in [1.29, 1.82) is 0 Å². The fraction of sp³-hybridized carbons (Fsp3) is 0.533. The number of benzene rings is 1. The molecule has 1 fully saturated rings. The van der Waals surface area contributed by atoms with Crippen LogP contribution in [0.2, 0.25) is 0 Å². The molecule has 1 aliphatic heterocycles. The van der Waals surface area contributed by atoms with E-state index in [0.717, 1.165) is 31.9 Å². The molecular formula is C15H22N2O4. The third-order valence-electron chi connectivity index (χ3n) is 3.32. The molecule has 0 spiro atoms. The summed E-state index contributed by atoms with van der Waals surface area (Å²) in [5.41, 5.74) is 5.98. The van der Waals surface area contributed by atoms with E-state index in [-0.39, 0.29) is 18.9 Å². The number of aliphatic hydroxyl groups excluding tert-OH is 1. The Morgan fingerprint density at radius 3 is 2.62 bits per heavy atom. The normalized spacial score (nSPS) is 17.4. The van der Waals surface area contributed by atoms with Gasteiger partial charge >= 0.3 is 0 Å². The summed E-state index contributed by atoms with van der Waals surface area (Å²) in [5, 5.41) is 9.97. The number of carbonyl (C=O) groups excluding carboxylic acids is 1. The monoisotopic (exact) mass is 294 g/mol. The van der Waals surface area contributed by atoms with Crippen LogP contribution in [0.15, 0.2) is 24.3 Å². The van der Waals surface area contributed by atoms with Gasteiger partial charge in [-0.25, -0.2) is 0 Å². The van der Waals surface area contributed by atoms with E-state index >= 15 is 0 Å². The van der Waals surface area contributed by atoms with Crippen LogP contribution in [0.3, 0.4) is 0 Å². The Balaban J connectivity index is 1.72. The first kappa shape index (κ1) is 15.8. The highest BCUT2D eigenvalue weighted by Gasteiger charge is 2.15. The average molecular weight is 294 g/mol. The molecule has 0 aliphatic carbocycles. The van der Waals surface area contributed by atoms with Crippen LogP contribution < -0.4 is 10.5 Å². The summed E-state index contributed by atoms with van der Waals surface area (Å²) in [4.78, 5) is 13.0. The number of nitrogens with zero attached hydrogens (tertiary/aromatic N) is 1. The summed E-state index contributed by atoms with van der Waals surface area (Å²) < 4.78 is 10.8. The molecule has 1 amide bonds. The van der Waals surface area contributed by atoms with E-state index in [1.165, 1.54) is 0 Å². The molecule has 1 heterocycles. The zero-order valence-electron chi connectivity index (χ0n) is 12.0. The minimum absolute atomic E-state index is 0.222. The topological polar surface area (TPSA) is 85.0 Å². The molecule has 6 nitrogen and oxygen atoms in total. The second-order valence-electron chi connectivity index (χ2n) is 5.16. The molecule has 116 valence electrons. The first-order valence-electron chi connectivity index (χ1n) is 7.11. The largest absolute Gasteiger partial charge is 0.491 e. The van der Waals surface area contributed by atoms with Gasteiger partial charge in [-0.1, -0.05) is 12.1 Å². The lowest BCUT2D eigenvalue weighted by molar-refractivity contribution is -0.117. The fourth-order valence-corrected chi connectivity index (χ4v) is 2.23. The molecule has 0 aromatic heterocycles. The first-order chi connectivity index (χ1) is 10.1. The highest BCUT2D eigenvalue weighted by atomic mass is 16.5. The van der Waals surface area contributed by atoms with Crippen molar-refractivity contribution >= 4 is 5.91 Å². The Morgan fingerprint density at radius 2 is 2.00 bits per heavy atom. The summed E-state index contributed by atoms with van der Waals surface area (Å²) in [5.74, 6) is 0.314. The van der Waals surface area contributed by atoms with Gasteiger partial charge in [0.05, 0.1) is 19.6 Å². The second-order valence-corrected chi connectivity index (χ2v) is 5.16. The third-order valence-corrected chi connectivity index (χ3v) is 3.32. The summed E-state index contributed by atoms with van der Waals surface area (Å²) in [6, 6.07) is 7.16. The lowest BCUT2D eigenvalue weighted by Crippen LogP contribution is -2.42. The molecule has 21 heavy (non-hydrogen) atoms. The molecule has 3 N–H and O–H groups in total. The Kier molecular flexibility index (Phi) is 5.98. The molecule has 6 heteroatoms. The van der Waals surface area contributed by atoms with Crippen molar-refractivity contribution < 1.29 is 19.4 Å². The van der Waals surface area contributed by atoms with Gasteiger partial charge in [0.25, 0.3) is 0 Å². The number of β-amino-alcohol motifs (C(OH)–C–C–N with tert-alkyl or cyclic N) is 1. The van der Waals surface area contributed by atoms with Gasteiger partial charge in [-0.15, -0.1) is 0 Å². The number of primary amides is 1. The van der Waals surface area contributed by atoms with E-state index < -0.39 is 6.10 Å². The van der Waals surface area contributed by atoms with Crippen LogP contribution >= 0.6 is 0 Å². The molecule has 1 atom stereocenters. The quantitative estimate of drug-likeness (QED) is 0.726. The van der Waals surface area contributed by atoms with Crippen molar-refractivity contribution in [2.45, 2.75) is 12.5 Å². The highest BCUT2D eigenvalue weighted by Crippen LogP contribution is 2.13. The molecule has 1 unspecified atom stereocenters. The fourth-order valence-electron chi connectivity index (χ4n) is 2.23. The summed E-state index contributed by atoms with van der Waals surface area (Å²) in [7, 11) is 0. The SMILES string of the molecule is NC(=O)Cc1ccc(OCC(O)CN2CCOCC2)cc1. The lowest BCUT2D eigenvalue weighted by Gasteiger charge is -2.28. The maximum Gasteiger partial charge on any atom is 0.221 e. The van der Waals surface area contributed by atoms with E-state index in [4.69, 9.17) is 15.2 Å². The van der Waals surface area contributed by atoms with Crippen LogP contribution in [0.1, 0.15) is 5.56 Å². The molecule has 1 aromatic rings. The number of ether oxygens (including phenoxy) is 2. The van der Waals surface area contributed by atoms with Gasteiger partial charge < -0.3 is 20.3 Å². The Morgan fingerprint density at radius 1 is 1.33 bits per heavy atom. The molecular weight excluding hydrogens is 272 g/mol. The standard InChI is InChI=1S/C15H22N2O4/c16-15(19)9-12-1-3-14(4-2-12)21-11-13(18)10-17-5-7-20-8-6-17/h1-4,13,18H,5-11H2,(H2,16,19). The minimum Gasteiger partial charge on any atom is -0.491 e. The van der Waals surface area contributed by atoms with E-state index in [2.05, 4.69) is 4.90 Å². The van der Waals surface area contributed by atoms with E-state index in [1.807, 2.05) is 0 Å². The second kappa shape index (κ2) is 7.97. The van der Waals surface area contributed by atoms with Gasteiger partial charge in [0.15, 0.2) is 0 Å². The molecule has 1 aromatic carbocycles. The van der Waals surface area contributed by atoms with Gasteiger partial charge in [0.1, 0.15) is 18.5 Å². The van der Waals surface area contributed by atoms with Crippen LogP contribution in [0.5, 0.6) is 5.75 Å². The molecule has 2 rings (SSSR count). The van der Waals surface area contributed by atoms with Crippen LogP contribution in [-0.4, -0.2) is 61.5 Å². The third kappa shape index (κ3) is 5.71. The maximum absolute atomic E-state index is 10.8. The van der Waals surface area contributed by atoms with Crippen LogP contribution in [0.4, 0.5) is 0 Å². The number of morpholine rings is 1. The van der Waals surface area contributed by atoms with E-state index in [9.17, 15) is 9.90 Å². The van der Waals surface area contributed by atoms with Gasteiger partial charge in [0, 0.05) is 19.6 Å². The van der Waals surface area contributed by atoms with Gasteiger partial charge in [-0.3, -0.25) is 9.69 Å². The zero-order valence-corrected chi connectivity index (χ0v) is 12.0. The number of nitrogens with two attached hydrogens (primary N) is 1. The van der Waals surface area contributed by atoms with Crippen molar-refractivity contribution in [2.24, 2.45) is 5.73 Å². The Labute approximate surface area is 124 Å². The molecule has 0 saturated carbocycles. The Hall–Kier alpha value is -1.63. The predicted molar refractivity (Wildman–Crippen MR) is 78.1 cm³/mol.